The van der Waals surface area contributed by atoms with E-state index in [1.165, 1.54) is 6.07 Å². The first-order chi connectivity index (χ1) is 13.5. The van der Waals surface area contributed by atoms with E-state index in [1.807, 2.05) is 44.2 Å². The minimum absolute atomic E-state index is 0.144. The second kappa shape index (κ2) is 8.51. The second-order valence-corrected chi connectivity index (χ2v) is 6.47. The summed E-state index contributed by atoms with van der Waals surface area (Å²) in [6.45, 7) is 4.12. The summed E-state index contributed by atoms with van der Waals surface area (Å²) in [5.41, 5.74) is 2.51. The van der Waals surface area contributed by atoms with Gasteiger partial charge in [0.05, 0.1) is 12.8 Å². The molecule has 0 aliphatic rings. The van der Waals surface area contributed by atoms with Gasteiger partial charge in [-0.15, -0.1) is 5.10 Å². The van der Waals surface area contributed by atoms with Gasteiger partial charge in [0.15, 0.2) is 5.82 Å². The lowest BCUT2D eigenvalue weighted by Gasteiger charge is -2.09. The predicted octanol–water partition coefficient (Wildman–Crippen LogP) is 1.41. The summed E-state index contributed by atoms with van der Waals surface area (Å²) in [5.74, 6) is 1.02. The Bertz CT molecular complexity index is 1020. The summed E-state index contributed by atoms with van der Waals surface area (Å²) in [6, 6.07) is 12.6. The van der Waals surface area contributed by atoms with Crippen molar-refractivity contribution in [1.82, 2.24) is 24.9 Å². The Morgan fingerprint density at radius 1 is 1.11 bits per heavy atom. The fourth-order valence-electron chi connectivity index (χ4n) is 2.86. The molecular weight excluding hydrogens is 358 g/mol. The van der Waals surface area contributed by atoms with Crippen molar-refractivity contribution in [1.29, 1.82) is 0 Å². The van der Waals surface area contributed by atoms with Crippen molar-refractivity contribution in [2.24, 2.45) is 0 Å². The molecule has 0 radical (unpaired) electrons. The number of hydrogen-bond acceptors (Lipinski definition) is 5. The van der Waals surface area contributed by atoms with Crippen LogP contribution in [0.4, 0.5) is 0 Å². The minimum atomic E-state index is -0.337. The van der Waals surface area contributed by atoms with E-state index >= 15 is 0 Å². The van der Waals surface area contributed by atoms with Crippen LogP contribution >= 0.6 is 0 Å². The van der Waals surface area contributed by atoms with E-state index in [-0.39, 0.29) is 18.0 Å². The maximum atomic E-state index is 12.2. The quantitative estimate of drug-likeness (QED) is 0.668. The molecule has 3 rings (SSSR count). The molecule has 2 aromatic heterocycles. The van der Waals surface area contributed by atoms with Crippen LogP contribution in [0.5, 0.6) is 5.75 Å². The molecule has 146 valence electrons. The van der Waals surface area contributed by atoms with E-state index in [4.69, 9.17) is 4.74 Å². The molecule has 0 fully saturated rings. The van der Waals surface area contributed by atoms with Gasteiger partial charge in [0.2, 0.25) is 5.91 Å². The third-order valence-electron chi connectivity index (χ3n) is 4.27. The van der Waals surface area contributed by atoms with Gasteiger partial charge >= 0.3 is 0 Å². The number of aromatic nitrogens is 4. The standard InChI is InChI=1S/C20H23N5O3/c1-14-12-15(2)25(22-14)18-8-9-20(27)24(23-18)13-19(26)21-11-10-16-4-6-17(28-3)7-5-16/h4-9,12H,10-11,13H2,1-3H3,(H,21,26). The van der Waals surface area contributed by atoms with Crippen molar-refractivity contribution >= 4 is 5.91 Å². The SMILES string of the molecule is COc1ccc(CCNC(=O)Cn2nc(-n3nc(C)cc3C)ccc2=O)cc1. The van der Waals surface area contributed by atoms with Gasteiger partial charge in [-0.2, -0.15) is 5.10 Å². The van der Waals surface area contributed by atoms with Crippen LogP contribution in [0.1, 0.15) is 17.0 Å². The molecule has 2 heterocycles. The average Bonchev–Trinajstić information content (AvgIpc) is 3.02. The summed E-state index contributed by atoms with van der Waals surface area (Å²) >= 11 is 0. The number of carbonyl (C=O) groups is 1. The van der Waals surface area contributed by atoms with Gasteiger partial charge in [-0.3, -0.25) is 9.59 Å². The van der Waals surface area contributed by atoms with Gasteiger partial charge in [-0.1, -0.05) is 12.1 Å². The van der Waals surface area contributed by atoms with Crippen LogP contribution in [-0.2, 0) is 17.8 Å². The number of nitrogens with zero attached hydrogens (tertiary/aromatic N) is 4. The van der Waals surface area contributed by atoms with Crippen molar-refractivity contribution < 1.29 is 9.53 Å². The van der Waals surface area contributed by atoms with Gasteiger partial charge in [-0.05, 0) is 50.1 Å². The second-order valence-electron chi connectivity index (χ2n) is 6.47. The highest BCUT2D eigenvalue weighted by Gasteiger charge is 2.10. The molecule has 28 heavy (non-hydrogen) atoms. The fourth-order valence-corrected chi connectivity index (χ4v) is 2.86. The van der Waals surface area contributed by atoms with Gasteiger partial charge < -0.3 is 10.1 Å². The lowest BCUT2D eigenvalue weighted by Crippen LogP contribution is -2.34. The van der Waals surface area contributed by atoms with Crippen LogP contribution < -0.4 is 15.6 Å². The predicted molar refractivity (Wildman–Crippen MR) is 105 cm³/mol. The summed E-state index contributed by atoms with van der Waals surface area (Å²) in [4.78, 5) is 24.3. The molecule has 0 aliphatic heterocycles. The zero-order valence-corrected chi connectivity index (χ0v) is 16.2. The zero-order chi connectivity index (χ0) is 20.1. The number of carbonyl (C=O) groups excluding carboxylic acids is 1. The Morgan fingerprint density at radius 2 is 1.86 bits per heavy atom. The van der Waals surface area contributed by atoms with Crippen molar-refractivity contribution in [2.75, 3.05) is 13.7 Å². The van der Waals surface area contributed by atoms with E-state index in [0.29, 0.717) is 18.8 Å². The van der Waals surface area contributed by atoms with Crippen LogP contribution in [0.2, 0.25) is 0 Å². The number of methoxy groups -OCH3 is 1. The van der Waals surface area contributed by atoms with Crippen molar-refractivity contribution in [3.05, 3.63) is 69.8 Å². The molecule has 0 saturated heterocycles. The largest absolute Gasteiger partial charge is 0.497 e. The maximum absolute atomic E-state index is 12.2. The summed E-state index contributed by atoms with van der Waals surface area (Å²) < 4.78 is 7.92. The van der Waals surface area contributed by atoms with E-state index in [0.717, 1.165) is 27.4 Å². The summed E-state index contributed by atoms with van der Waals surface area (Å²) in [7, 11) is 1.62. The molecule has 1 amide bonds. The Morgan fingerprint density at radius 3 is 2.50 bits per heavy atom. The smallest absolute Gasteiger partial charge is 0.267 e. The van der Waals surface area contributed by atoms with Gasteiger partial charge in [0.1, 0.15) is 12.3 Å². The lowest BCUT2D eigenvalue weighted by molar-refractivity contribution is -0.121. The van der Waals surface area contributed by atoms with Crippen LogP contribution in [0.25, 0.3) is 5.82 Å². The van der Waals surface area contributed by atoms with Gasteiger partial charge in [0, 0.05) is 18.3 Å². The summed E-state index contributed by atoms with van der Waals surface area (Å²) in [6.07, 6.45) is 0.684. The Labute approximate surface area is 162 Å². The van der Waals surface area contributed by atoms with Gasteiger partial charge in [0.25, 0.3) is 5.56 Å². The number of rotatable bonds is 7. The first-order valence-electron chi connectivity index (χ1n) is 8.97. The molecule has 1 aromatic carbocycles. The molecule has 0 spiro atoms. The van der Waals surface area contributed by atoms with E-state index in [1.54, 1.807) is 17.9 Å². The summed E-state index contributed by atoms with van der Waals surface area (Å²) in [5, 5.41) is 11.4. The Hall–Kier alpha value is -3.42. The molecule has 0 bridgehead atoms. The number of hydrogen-bond donors (Lipinski definition) is 1. The van der Waals surface area contributed by atoms with E-state index < -0.39 is 0 Å². The molecule has 8 nitrogen and oxygen atoms in total. The van der Waals surface area contributed by atoms with Crippen LogP contribution in [-0.4, -0.2) is 39.1 Å². The molecule has 3 aromatic rings. The molecule has 0 aliphatic carbocycles. The average molecular weight is 381 g/mol. The topological polar surface area (TPSA) is 91.0 Å². The Balaban J connectivity index is 1.61. The molecular formula is C20H23N5O3. The molecule has 8 heteroatoms. The van der Waals surface area contributed by atoms with Crippen LogP contribution in [0.15, 0.2) is 47.3 Å². The normalized spacial score (nSPS) is 10.7. The number of amides is 1. The molecule has 0 saturated carbocycles. The molecule has 1 N–H and O–H groups in total. The van der Waals surface area contributed by atoms with Crippen molar-refractivity contribution in [3.8, 4) is 11.6 Å². The molecule has 0 unspecified atom stereocenters. The minimum Gasteiger partial charge on any atom is -0.497 e. The maximum Gasteiger partial charge on any atom is 0.267 e. The van der Waals surface area contributed by atoms with E-state index in [9.17, 15) is 9.59 Å². The highest BCUT2D eigenvalue weighted by Crippen LogP contribution is 2.11. The zero-order valence-electron chi connectivity index (χ0n) is 16.2. The first-order valence-corrected chi connectivity index (χ1v) is 8.97. The van der Waals surface area contributed by atoms with Crippen LogP contribution in [0, 0.1) is 13.8 Å². The fraction of sp³-hybridized carbons (Fsp3) is 0.300. The number of aryl methyl sites for hydroxylation is 2. The van der Waals surface area contributed by atoms with E-state index in [2.05, 4.69) is 15.5 Å². The van der Waals surface area contributed by atoms with Crippen LogP contribution in [0.3, 0.4) is 0 Å². The number of nitrogens with one attached hydrogen (secondary N) is 1. The third-order valence-corrected chi connectivity index (χ3v) is 4.27. The van der Waals surface area contributed by atoms with Crippen molar-refractivity contribution in [2.45, 2.75) is 26.8 Å². The highest BCUT2D eigenvalue weighted by molar-refractivity contribution is 5.75. The van der Waals surface area contributed by atoms with Crippen molar-refractivity contribution in [3.63, 3.8) is 0 Å². The number of benzene rings is 1. The third kappa shape index (κ3) is 4.64. The lowest BCUT2D eigenvalue weighted by atomic mass is 10.1. The first kappa shape index (κ1) is 19.3. The Kier molecular flexibility index (Phi) is 5.88. The highest BCUT2D eigenvalue weighted by atomic mass is 16.5. The van der Waals surface area contributed by atoms with Gasteiger partial charge in [-0.25, -0.2) is 9.36 Å². The molecule has 0 atom stereocenters. The number of ether oxygens (including phenoxy) is 1. The monoisotopic (exact) mass is 381 g/mol.